The van der Waals surface area contributed by atoms with Gasteiger partial charge in [0, 0.05) is 13.6 Å². The van der Waals surface area contributed by atoms with Crippen molar-refractivity contribution in [2.75, 3.05) is 20.7 Å². The quantitative estimate of drug-likeness (QED) is 0.906. The Kier molecular flexibility index (Phi) is 6.05. The molecule has 1 aliphatic rings. The number of piperidine rings is 1. The molecule has 1 amide bonds. The Morgan fingerprint density at radius 2 is 2.13 bits per heavy atom. The molecule has 0 saturated carbocycles. The molecular formula is C19H30N2O2. The number of nitrogens with zero attached hydrogens (tertiary/aromatic N) is 1. The predicted octanol–water partition coefficient (Wildman–Crippen LogP) is 3.23. The lowest BCUT2D eigenvalue weighted by molar-refractivity contribution is -0.127. The standard InChI is InChI=1S/C19H30N2O2/c1-13(2)16-11-15(14(3)10-18(16)23-5)12-21-9-7-6-8-17(21)19(22)20-4/h10-11,13,17H,6-9,12H2,1-5H3,(H,20,22)/t17-/m1/s1. The number of carbonyl (C=O) groups is 1. The first-order valence-electron chi connectivity index (χ1n) is 8.61. The van der Waals surface area contributed by atoms with E-state index in [2.05, 4.69) is 43.1 Å². The van der Waals surface area contributed by atoms with E-state index in [0.717, 1.165) is 31.7 Å². The number of hydrogen-bond donors (Lipinski definition) is 1. The molecule has 0 aliphatic carbocycles. The molecule has 23 heavy (non-hydrogen) atoms. The normalized spacial score (nSPS) is 19.0. The van der Waals surface area contributed by atoms with Gasteiger partial charge in [-0.1, -0.05) is 26.3 Å². The fourth-order valence-corrected chi connectivity index (χ4v) is 3.41. The van der Waals surface area contributed by atoms with Crippen LogP contribution in [0.2, 0.25) is 0 Å². The molecule has 0 spiro atoms. The molecule has 0 aromatic heterocycles. The summed E-state index contributed by atoms with van der Waals surface area (Å²) in [7, 11) is 3.46. The second-order valence-corrected chi connectivity index (χ2v) is 6.77. The summed E-state index contributed by atoms with van der Waals surface area (Å²) in [6, 6.07) is 4.38. The highest BCUT2D eigenvalue weighted by Crippen LogP contribution is 2.31. The Balaban J connectivity index is 2.27. The highest BCUT2D eigenvalue weighted by atomic mass is 16.5. The molecule has 1 heterocycles. The van der Waals surface area contributed by atoms with E-state index in [1.54, 1.807) is 14.2 Å². The van der Waals surface area contributed by atoms with Crippen LogP contribution in [0.25, 0.3) is 0 Å². The van der Waals surface area contributed by atoms with Crippen molar-refractivity contribution < 1.29 is 9.53 Å². The zero-order chi connectivity index (χ0) is 17.0. The molecule has 4 nitrogen and oxygen atoms in total. The predicted molar refractivity (Wildman–Crippen MR) is 93.9 cm³/mol. The number of benzene rings is 1. The van der Waals surface area contributed by atoms with Crippen LogP contribution < -0.4 is 10.1 Å². The third-order valence-corrected chi connectivity index (χ3v) is 4.85. The summed E-state index contributed by atoms with van der Waals surface area (Å²) in [6.07, 6.45) is 3.25. The van der Waals surface area contributed by atoms with Crippen LogP contribution >= 0.6 is 0 Å². The zero-order valence-corrected chi connectivity index (χ0v) is 15.1. The Hall–Kier alpha value is -1.55. The monoisotopic (exact) mass is 318 g/mol. The highest BCUT2D eigenvalue weighted by molar-refractivity contribution is 5.81. The van der Waals surface area contributed by atoms with Gasteiger partial charge in [0.2, 0.25) is 5.91 Å². The molecule has 1 N–H and O–H groups in total. The number of hydrogen-bond acceptors (Lipinski definition) is 3. The summed E-state index contributed by atoms with van der Waals surface area (Å²) in [5.41, 5.74) is 3.76. The van der Waals surface area contributed by atoms with E-state index in [-0.39, 0.29) is 11.9 Å². The molecule has 128 valence electrons. The number of aryl methyl sites for hydroxylation is 1. The van der Waals surface area contributed by atoms with Crippen molar-refractivity contribution in [1.29, 1.82) is 0 Å². The van der Waals surface area contributed by atoms with Gasteiger partial charge in [-0.05, 0) is 55.0 Å². The molecule has 0 bridgehead atoms. The van der Waals surface area contributed by atoms with Crippen LogP contribution in [0.5, 0.6) is 5.75 Å². The van der Waals surface area contributed by atoms with Crippen molar-refractivity contribution in [2.24, 2.45) is 0 Å². The van der Waals surface area contributed by atoms with Gasteiger partial charge in [-0.3, -0.25) is 9.69 Å². The van der Waals surface area contributed by atoms with E-state index < -0.39 is 0 Å². The zero-order valence-electron chi connectivity index (χ0n) is 15.1. The average Bonchev–Trinajstić information content (AvgIpc) is 2.55. The van der Waals surface area contributed by atoms with Crippen molar-refractivity contribution in [3.63, 3.8) is 0 Å². The summed E-state index contributed by atoms with van der Waals surface area (Å²) in [6.45, 7) is 8.31. The van der Waals surface area contributed by atoms with Crippen molar-refractivity contribution in [1.82, 2.24) is 10.2 Å². The molecule has 1 aromatic rings. The lowest BCUT2D eigenvalue weighted by atomic mass is 9.94. The van der Waals surface area contributed by atoms with E-state index in [4.69, 9.17) is 4.74 Å². The van der Waals surface area contributed by atoms with Gasteiger partial charge in [-0.15, -0.1) is 0 Å². The second-order valence-electron chi connectivity index (χ2n) is 6.77. The summed E-state index contributed by atoms with van der Waals surface area (Å²) in [5, 5.41) is 2.81. The fraction of sp³-hybridized carbons (Fsp3) is 0.632. The van der Waals surface area contributed by atoms with Gasteiger partial charge in [0.05, 0.1) is 13.2 Å². The number of nitrogens with one attached hydrogen (secondary N) is 1. The fourth-order valence-electron chi connectivity index (χ4n) is 3.41. The largest absolute Gasteiger partial charge is 0.496 e. The first kappa shape index (κ1) is 17.8. The Labute approximate surface area is 140 Å². The molecule has 2 rings (SSSR count). The smallest absolute Gasteiger partial charge is 0.237 e. The molecule has 1 aromatic carbocycles. The lowest BCUT2D eigenvalue weighted by Crippen LogP contribution is -2.48. The minimum absolute atomic E-state index is 0.00208. The van der Waals surface area contributed by atoms with Gasteiger partial charge in [0.15, 0.2) is 0 Å². The van der Waals surface area contributed by atoms with Crippen molar-refractivity contribution >= 4 is 5.91 Å². The van der Waals surface area contributed by atoms with Crippen LogP contribution in [0.15, 0.2) is 12.1 Å². The maximum absolute atomic E-state index is 12.2. The van der Waals surface area contributed by atoms with E-state index >= 15 is 0 Å². The molecule has 0 unspecified atom stereocenters. The Morgan fingerprint density at radius 3 is 2.74 bits per heavy atom. The summed E-state index contributed by atoms with van der Waals surface area (Å²) >= 11 is 0. The number of methoxy groups -OCH3 is 1. The summed E-state index contributed by atoms with van der Waals surface area (Å²) in [4.78, 5) is 14.5. The maximum atomic E-state index is 12.2. The second kappa shape index (κ2) is 7.82. The van der Waals surface area contributed by atoms with Crippen LogP contribution in [0.4, 0.5) is 0 Å². The van der Waals surface area contributed by atoms with Gasteiger partial charge in [-0.25, -0.2) is 0 Å². The topological polar surface area (TPSA) is 41.6 Å². The van der Waals surface area contributed by atoms with E-state index in [1.165, 1.54) is 23.1 Å². The van der Waals surface area contributed by atoms with Crippen LogP contribution in [0, 0.1) is 6.92 Å². The number of likely N-dealkylation sites (tertiary alicyclic amines) is 1. The molecule has 4 heteroatoms. The Morgan fingerprint density at radius 1 is 1.39 bits per heavy atom. The Bertz CT molecular complexity index is 555. The van der Waals surface area contributed by atoms with Crippen molar-refractivity contribution in [2.45, 2.75) is 58.5 Å². The summed E-state index contributed by atoms with van der Waals surface area (Å²) in [5.74, 6) is 1.52. The molecular weight excluding hydrogens is 288 g/mol. The van der Waals surface area contributed by atoms with Gasteiger partial charge < -0.3 is 10.1 Å². The number of carbonyl (C=O) groups excluding carboxylic acids is 1. The van der Waals surface area contributed by atoms with Crippen LogP contribution in [0.3, 0.4) is 0 Å². The highest BCUT2D eigenvalue weighted by Gasteiger charge is 2.28. The third-order valence-electron chi connectivity index (χ3n) is 4.85. The average molecular weight is 318 g/mol. The minimum atomic E-state index is -0.00208. The number of rotatable bonds is 5. The lowest BCUT2D eigenvalue weighted by Gasteiger charge is -2.35. The van der Waals surface area contributed by atoms with Crippen LogP contribution in [-0.2, 0) is 11.3 Å². The first-order chi connectivity index (χ1) is 11.0. The van der Waals surface area contributed by atoms with E-state index in [1.807, 2.05) is 0 Å². The number of ether oxygens (including phenoxy) is 1. The molecule has 1 fully saturated rings. The van der Waals surface area contributed by atoms with Gasteiger partial charge in [0.1, 0.15) is 5.75 Å². The van der Waals surface area contributed by atoms with Crippen LogP contribution in [-0.4, -0.2) is 37.6 Å². The maximum Gasteiger partial charge on any atom is 0.237 e. The minimum Gasteiger partial charge on any atom is -0.496 e. The van der Waals surface area contributed by atoms with Gasteiger partial charge in [0.25, 0.3) is 0 Å². The molecule has 0 radical (unpaired) electrons. The van der Waals surface area contributed by atoms with Crippen LogP contribution in [0.1, 0.15) is 55.7 Å². The summed E-state index contributed by atoms with van der Waals surface area (Å²) < 4.78 is 5.53. The van der Waals surface area contributed by atoms with Crippen molar-refractivity contribution in [3.8, 4) is 5.75 Å². The van der Waals surface area contributed by atoms with Crippen molar-refractivity contribution in [3.05, 3.63) is 28.8 Å². The number of amides is 1. The molecule has 1 aliphatic heterocycles. The van der Waals surface area contributed by atoms with Gasteiger partial charge in [-0.2, -0.15) is 0 Å². The first-order valence-corrected chi connectivity index (χ1v) is 8.61. The van der Waals surface area contributed by atoms with Gasteiger partial charge >= 0.3 is 0 Å². The van der Waals surface area contributed by atoms with E-state index in [0.29, 0.717) is 5.92 Å². The van der Waals surface area contributed by atoms with E-state index in [9.17, 15) is 4.79 Å². The SMILES string of the molecule is CNC(=O)[C@H]1CCCCN1Cc1cc(C(C)C)c(OC)cc1C. The molecule has 1 saturated heterocycles. The molecule has 1 atom stereocenters. The number of likely N-dealkylation sites (N-methyl/N-ethyl adjacent to an activating group) is 1. The third kappa shape index (κ3) is 4.05.